The summed E-state index contributed by atoms with van der Waals surface area (Å²) in [5.74, 6) is 0.583. The van der Waals surface area contributed by atoms with Crippen molar-refractivity contribution in [2.75, 3.05) is 34.4 Å². The molecule has 0 atom stereocenters. The second-order valence-electron chi connectivity index (χ2n) is 4.71. The third-order valence-corrected chi connectivity index (χ3v) is 3.13. The van der Waals surface area contributed by atoms with Gasteiger partial charge in [-0.1, -0.05) is 0 Å². The third kappa shape index (κ3) is 5.35. The third-order valence-electron chi connectivity index (χ3n) is 3.13. The molecule has 0 spiro atoms. The first kappa shape index (κ1) is 19.1. The monoisotopic (exact) mass is 335 g/mol. The number of methoxy groups -OCH3 is 3. The van der Waals surface area contributed by atoms with Crippen molar-refractivity contribution in [2.24, 2.45) is 0 Å². The number of hydrogen-bond acceptors (Lipinski definition) is 6. The van der Waals surface area contributed by atoms with Crippen molar-refractivity contribution >= 4 is 11.8 Å². The Bertz CT molecular complexity index is 600. The maximum Gasteiger partial charge on any atom is 0.251 e. The molecule has 8 heteroatoms. The van der Waals surface area contributed by atoms with Crippen LogP contribution in [0, 0.1) is 11.3 Å². The Balaban J connectivity index is 2.59. The normalized spacial score (nSPS) is 9.58. The number of carbonyl (C=O) groups is 2. The fourth-order valence-electron chi connectivity index (χ4n) is 1.97. The smallest absolute Gasteiger partial charge is 0.251 e. The average Bonchev–Trinajstić information content (AvgIpc) is 2.59. The summed E-state index contributed by atoms with van der Waals surface area (Å²) >= 11 is 0. The summed E-state index contributed by atoms with van der Waals surface area (Å²) in [6.45, 7) is 0.762. The van der Waals surface area contributed by atoms with E-state index in [0.29, 0.717) is 42.3 Å². The van der Waals surface area contributed by atoms with Crippen molar-refractivity contribution < 1.29 is 23.8 Å². The number of ether oxygens (including phenoxy) is 3. The van der Waals surface area contributed by atoms with E-state index in [2.05, 4.69) is 10.6 Å². The lowest BCUT2D eigenvalue weighted by Crippen LogP contribution is -2.29. The molecule has 0 saturated heterocycles. The molecule has 0 aliphatic rings. The molecular weight excluding hydrogens is 314 g/mol. The van der Waals surface area contributed by atoms with E-state index >= 15 is 0 Å². The minimum atomic E-state index is -0.326. The molecule has 130 valence electrons. The zero-order chi connectivity index (χ0) is 17.9. The predicted molar refractivity (Wildman–Crippen MR) is 86.3 cm³/mol. The summed E-state index contributed by atoms with van der Waals surface area (Å²) in [4.78, 5) is 23.3. The van der Waals surface area contributed by atoms with Crippen LogP contribution in [0.5, 0.6) is 17.2 Å². The summed E-state index contributed by atoms with van der Waals surface area (Å²) in [7, 11) is 4.44. The molecule has 2 amide bonds. The van der Waals surface area contributed by atoms with E-state index in [9.17, 15) is 9.59 Å². The Morgan fingerprint density at radius 1 is 1.04 bits per heavy atom. The van der Waals surface area contributed by atoms with E-state index in [1.165, 1.54) is 21.3 Å². The van der Waals surface area contributed by atoms with E-state index in [1.807, 2.05) is 0 Å². The number of nitrogens with one attached hydrogen (secondary N) is 2. The van der Waals surface area contributed by atoms with Crippen LogP contribution in [0.2, 0.25) is 0 Å². The van der Waals surface area contributed by atoms with Gasteiger partial charge in [0.1, 0.15) is 6.42 Å². The average molecular weight is 335 g/mol. The number of rotatable bonds is 9. The van der Waals surface area contributed by atoms with Crippen LogP contribution in [0.1, 0.15) is 23.2 Å². The first-order valence-corrected chi connectivity index (χ1v) is 7.29. The van der Waals surface area contributed by atoms with Crippen LogP contribution in [-0.2, 0) is 4.79 Å². The van der Waals surface area contributed by atoms with Crippen LogP contribution in [0.3, 0.4) is 0 Å². The largest absolute Gasteiger partial charge is 0.493 e. The van der Waals surface area contributed by atoms with Crippen LogP contribution in [0.25, 0.3) is 0 Å². The van der Waals surface area contributed by atoms with Crippen molar-refractivity contribution in [3.63, 3.8) is 0 Å². The standard InChI is InChI=1S/C16H21N3O5/c1-22-12-9-11(10-13(23-2)15(12)24-3)16(21)19-8-4-7-18-14(20)5-6-17/h9-10H,4-5,7-8H2,1-3H3,(H,18,20)(H,19,21). The highest BCUT2D eigenvalue weighted by molar-refractivity contribution is 5.95. The van der Waals surface area contributed by atoms with Crippen LogP contribution >= 0.6 is 0 Å². The zero-order valence-electron chi connectivity index (χ0n) is 14.0. The van der Waals surface area contributed by atoms with Gasteiger partial charge in [-0.2, -0.15) is 5.26 Å². The molecule has 0 heterocycles. The first-order chi connectivity index (χ1) is 11.6. The molecule has 0 saturated carbocycles. The Labute approximate surface area is 140 Å². The van der Waals surface area contributed by atoms with Crippen LogP contribution < -0.4 is 24.8 Å². The van der Waals surface area contributed by atoms with E-state index in [0.717, 1.165) is 0 Å². The minimum Gasteiger partial charge on any atom is -0.493 e. The predicted octanol–water partition coefficient (Wildman–Crippen LogP) is 0.862. The Morgan fingerprint density at radius 2 is 1.62 bits per heavy atom. The minimum absolute atomic E-state index is 0.169. The molecule has 2 N–H and O–H groups in total. The highest BCUT2D eigenvalue weighted by Crippen LogP contribution is 2.38. The maximum atomic E-state index is 12.2. The highest BCUT2D eigenvalue weighted by Gasteiger charge is 2.16. The molecule has 0 aromatic heterocycles. The first-order valence-electron chi connectivity index (χ1n) is 7.29. The molecule has 1 aromatic rings. The summed E-state index contributed by atoms with van der Waals surface area (Å²) in [6.07, 6.45) is 0.380. The van der Waals surface area contributed by atoms with Crippen molar-refractivity contribution in [3.8, 4) is 23.3 Å². The topological polar surface area (TPSA) is 110 Å². The van der Waals surface area contributed by atoms with Gasteiger partial charge in [0.2, 0.25) is 11.7 Å². The molecule has 0 fully saturated rings. The van der Waals surface area contributed by atoms with Crippen LogP contribution in [-0.4, -0.2) is 46.2 Å². The van der Waals surface area contributed by atoms with Gasteiger partial charge in [0.05, 0.1) is 27.4 Å². The number of hydrogen-bond donors (Lipinski definition) is 2. The second-order valence-corrected chi connectivity index (χ2v) is 4.71. The fourth-order valence-corrected chi connectivity index (χ4v) is 1.97. The molecule has 0 unspecified atom stereocenters. The zero-order valence-corrected chi connectivity index (χ0v) is 14.0. The van der Waals surface area contributed by atoms with E-state index < -0.39 is 0 Å². The van der Waals surface area contributed by atoms with E-state index in [-0.39, 0.29) is 18.2 Å². The summed E-state index contributed by atoms with van der Waals surface area (Å²) < 4.78 is 15.6. The van der Waals surface area contributed by atoms with Crippen molar-refractivity contribution in [3.05, 3.63) is 17.7 Å². The lowest BCUT2D eigenvalue weighted by atomic mass is 10.1. The molecule has 0 aliphatic heterocycles. The van der Waals surface area contributed by atoms with Crippen molar-refractivity contribution in [2.45, 2.75) is 12.8 Å². The van der Waals surface area contributed by atoms with Gasteiger partial charge in [-0.25, -0.2) is 0 Å². The van der Waals surface area contributed by atoms with Gasteiger partial charge in [-0.15, -0.1) is 0 Å². The van der Waals surface area contributed by atoms with Crippen molar-refractivity contribution in [1.29, 1.82) is 5.26 Å². The second kappa shape index (κ2) is 9.94. The van der Waals surface area contributed by atoms with Gasteiger partial charge in [-0.05, 0) is 18.6 Å². The lowest BCUT2D eigenvalue weighted by molar-refractivity contribution is -0.120. The van der Waals surface area contributed by atoms with E-state index in [4.69, 9.17) is 19.5 Å². The highest BCUT2D eigenvalue weighted by atomic mass is 16.5. The molecule has 1 aromatic carbocycles. The number of benzene rings is 1. The molecular formula is C16H21N3O5. The molecule has 0 bridgehead atoms. The maximum absolute atomic E-state index is 12.2. The molecule has 24 heavy (non-hydrogen) atoms. The molecule has 0 radical (unpaired) electrons. The Kier molecular flexibility index (Phi) is 7.91. The number of carbonyl (C=O) groups excluding carboxylic acids is 2. The van der Waals surface area contributed by atoms with Gasteiger partial charge in [0.25, 0.3) is 5.91 Å². The van der Waals surface area contributed by atoms with Gasteiger partial charge >= 0.3 is 0 Å². The number of amides is 2. The Hall–Kier alpha value is -2.95. The summed E-state index contributed by atoms with van der Waals surface area (Å²) in [5, 5.41) is 13.7. The number of nitriles is 1. The van der Waals surface area contributed by atoms with Gasteiger partial charge in [-0.3, -0.25) is 9.59 Å². The van der Waals surface area contributed by atoms with Gasteiger partial charge in [0.15, 0.2) is 11.5 Å². The molecule has 8 nitrogen and oxygen atoms in total. The van der Waals surface area contributed by atoms with Crippen LogP contribution in [0.15, 0.2) is 12.1 Å². The van der Waals surface area contributed by atoms with Crippen LogP contribution in [0.4, 0.5) is 0 Å². The Morgan fingerprint density at radius 3 is 2.12 bits per heavy atom. The summed E-state index contributed by atoms with van der Waals surface area (Å²) in [6, 6.07) is 4.89. The van der Waals surface area contributed by atoms with E-state index in [1.54, 1.807) is 18.2 Å². The number of nitrogens with zero attached hydrogens (tertiary/aromatic N) is 1. The van der Waals surface area contributed by atoms with Crippen molar-refractivity contribution in [1.82, 2.24) is 10.6 Å². The lowest BCUT2D eigenvalue weighted by Gasteiger charge is -2.14. The van der Waals surface area contributed by atoms with Gasteiger partial charge in [0, 0.05) is 18.7 Å². The summed E-state index contributed by atoms with van der Waals surface area (Å²) in [5.41, 5.74) is 0.373. The SMILES string of the molecule is COc1cc(C(=O)NCCCNC(=O)CC#N)cc(OC)c1OC. The van der Waals surface area contributed by atoms with Gasteiger partial charge < -0.3 is 24.8 Å². The molecule has 0 aliphatic carbocycles. The molecule has 1 rings (SSSR count). The fraction of sp³-hybridized carbons (Fsp3) is 0.438. The quantitative estimate of drug-likeness (QED) is 0.648.